The molecule has 0 aliphatic carbocycles. The van der Waals surface area contributed by atoms with Crippen LogP contribution < -0.4 is 15.0 Å². The molecule has 0 saturated heterocycles. The Bertz CT molecular complexity index is 569. The lowest BCUT2D eigenvalue weighted by Crippen LogP contribution is -2.42. The molecule has 0 unspecified atom stereocenters. The van der Waals surface area contributed by atoms with Gasteiger partial charge in [-0.2, -0.15) is 0 Å². The topological polar surface area (TPSA) is 33.7 Å². The summed E-state index contributed by atoms with van der Waals surface area (Å²) in [7, 11) is 1.78. The largest absolute Gasteiger partial charge is 0.490 e. The summed E-state index contributed by atoms with van der Waals surface area (Å²) >= 11 is 0. The molecule has 3 rings (SSSR count). The first-order chi connectivity index (χ1) is 11.0. The average Bonchev–Trinajstić information content (AvgIpc) is 2.72. The number of nitrogens with zero attached hydrogens (tertiary/aromatic N) is 1. The second kappa shape index (κ2) is 6.70. The molecule has 0 radical (unpaired) electrons. The zero-order chi connectivity index (χ0) is 16.4. The minimum Gasteiger partial charge on any atom is -0.490 e. The van der Waals surface area contributed by atoms with E-state index >= 15 is 0 Å². The standard InChI is InChI=1S/C19H30N2O2/c1-14-16-6-8-20-7-5-15(16)11-17-18(14)21(9-10-23-17)12-19(2,3)13-22-4/h11,20H,5-10,12-13H2,1-4H3. The van der Waals surface area contributed by atoms with Crippen molar-refractivity contribution in [2.45, 2.75) is 33.6 Å². The van der Waals surface area contributed by atoms with Crippen LogP contribution in [0, 0.1) is 12.3 Å². The molecule has 4 heteroatoms. The zero-order valence-electron chi connectivity index (χ0n) is 15.0. The highest BCUT2D eigenvalue weighted by Gasteiger charge is 2.29. The van der Waals surface area contributed by atoms with Crippen LogP contribution in [0.3, 0.4) is 0 Å². The molecule has 0 spiro atoms. The van der Waals surface area contributed by atoms with E-state index in [1.165, 1.54) is 22.4 Å². The lowest BCUT2D eigenvalue weighted by Gasteiger charge is -2.39. The number of hydrogen-bond donors (Lipinski definition) is 1. The first-order valence-electron chi connectivity index (χ1n) is 8.74. The molecule has 2 aliphatic heterocycles. The van der Waals surface area contributed by atoms with E-state index in [1.807, 2.05) is 0 Å². The lowest BCUT2D eigenvalue weighted by molar-refractivity contribution is 0.107. The van der Waals surface area contributed by atoms with E-state index in [9.17, 15) is 0 Å². The molecule has 2 heterocycles. The van der Waals surface area contributed by atoms with Crippen molar-refractivity contribution in [3.05, 3.63) is 22.8 Å². The van der Waals surface area contributed by atoms with Crippen LogP contribution in [-0.4, -0.2) is 46.5 Å². The number of rotatable bonds is 4. The molecule has 0 saturated carbocycles. The summed E-state index contributed by atoms with van der Waals surface area (Å²) in [6.07, 6.45) is 2.21. The minimum absolute atomic E-state index is 0.129. The van der Waals surface area contributed by atoms with Crippen LogP contribution >= 0.6 is 0 Å². The lowest BCUT2D eigenvalue weighted by atomic mass is 9.91. The summed E-state index contributed by atoms with van der Waals surface area (Å²) in [5.41, 5.74) is 5.83. The van der Waals surface area contributed by atoms with Crippen LogP contribution in [0.25, 0.3) is 0 Å². The molecular formula is C19H30N2O2. The number of anilines is 1. The number of hydrogen-bond acceptors (Lipinski definition) is 4. The first kappa shape index (κ1) is 16.6. The van der Waals surface area contributed by atoms with Gasteiger partial charge in [-0.15, -0.1) is 0 Å². The fourth-order valence-corrected chi connectivity index (χ4v) is 4.01. The Kier molecular flexibility index (Phi) is 4.83. The first-order valence-corrected chi connectivity index (χ1v) is 8.74. The third-order valence-electron chi connectivity index (χ3n) is 4.95. The van der Waals surface area contributed by atoms with Crippen LogP contribution in [0.1, 0.15) is 30.5 Å². The highest BCUT2D eigenvalue weighted by atomic mass is 16.5. The monoisotopic (exact) mass is 318 g/mol. The van der Waals surface area contributed by atoms with Gasteiger partial charge in [-0.05, 0) is 55.6 Å². The maximum Gasteiger partial charge on any atom is 0.143 e. The van der Waals surface area contributed by atoms with Crippen molar-refractivity contribution in [3.8, 4) is 5.75 Å². The van der Waals surface area contributed by atoms with Gasteiger partial charge in [0.15, 0.2) is 0 Å². The molecule has 0 aromatic heterocycles. The van der Waals surface area contributed by atoms with Gasteiger partial charge in [0.1, 0.15) is 12.4 Å². The molecule has 2 aliphatic rings. The van der Waals surface area contributed by atoms with Crippen molar-refractivity contribution >= 4 is 5.69 Å². The van der Waals surface area contributed by atoms with Crippen molar-refractivity contribution in [1.82, 2.24) is 5.32 Å². The fraction of sp³-hybridized carbons (Fsp3) is 0.684. The molecule has 1 aromatic carbocycles. The van der Waals surface area contributed by atoms with Crippen LogP contribution in [0.4, 0.5) is 5.69 Å². The van der Waals surface area contributed by atoms with Gasteiger partial charge in [0.25, 0.3) is 0 Å². The van der Waals surface area contributed by atoms with Gasteiger partial charge in [-0.1, -0.05) is 13.8 Å². The molecule has 0 fully saturated rings. The fourth-order valence-electron chi connectivity index (χ4n) is 4.01. The Labute approximate surface area is 140 Å². The van der Waals surface area contributed by atoms with Crippen molar-refractivity contribution in [2.24, 2.45) is 5.41 Å². The van der Waals surface area contributed by atoms with Crippen molar-refractivity contribution in [2.75, 3.05) is 51.4 Å². The summed E-state index contributed by atoms with van der Waals surface area (Å²) in [5, 5.41) is 3.51. The highest BCUT2D eigenvalue weighted by molar-refractivity contribution is 5.69. The van der Waals surface area contributed by atoms with Gasteiger partial charge in [-0.3, -0.25) is 0 Å². The molecular weight excluding hydrogens is 288 g/mol. The van der Waals surface area contributed by atoms with Crippen molar-refractivity contribution in [3.63, 3.8) is 0 Å². The van der Waals surface area contributed by atoms with Gasteiger partial charge in [0.05, 0.1) is 18.8 Å². The third-order valence-corrected chi connectivity index (χ3v) is 4.95. The SMILES string of the molecule is COCC(C)(C)CN1CCOc2cc3c(c(C)c21)CCNCC3. The number of fused-ring (bicyclic) bond motifs is 2. The molecule has 0 bridgehead atoms. The smallest absolute Gasteiger partial charge is 0.143 e. The summed E-state index contributed by atoms with van der Waals surface area (Å²) in [5.74, 6) is 1.07. The molecule has 128 valence electrons. The Morgan fingerprint density at radius 2 is 2.09 bits per heavy atom. The predicted octanol–water partition coefficient (Wildman–Crippen LogP) is 2.55. The minimum atomic E-state index is 0.129. The molecule has 0 atom stereocenters. The molecule has 4 nitrogen and oxygen atoms in total. The predicted molar refractivity (Wildman–Crippen MR) is 94.8 cm³/mol. The Morgan fingerprint density at radius 1 is 1.30 bits per heavy atom. The molecule has 23 heavy (non-hydrogen) atoms. The van der Waals surface area contributed by atoms with E-state index < -0.39 is 0 Å². The van der Waals surface area contributed by atoms with Crippen LogP contribution in [0.5, 0.6) is 5.75 Å². The number of methoxy groups -OCH3 is 1. The Balaban J connectivity index is 1.96. The van der Waals surface area contributed by atoms with Crippen LogP contribution in [0.15, 0.2) is 6.07 Å². The van der Waals surface area contributed by atoms with Gasteiger partial charge < -0.3 is 19.7 Å². The summed E-state index contributed by atoms with van der Waals surface area (Å²) in [6, 6.07) is 2.29. The quantitative estimate of drug-likeness (QED) is 0.925. The molecule has 1 N–H and O–H groups in total. The van der Waals surface area contributed by atoms with Crippen LogP contribution in [-0.2, 0) is 17.6 Å². The molecule has 1 aromatic rings. The van der Waals surface area contributed by atoms with Crippen molar-refractivity contribution in [1.29, 1.82) is 0 Å². The summed E-state index contributed by atoms with van der Waals surface area (Å²) in [4.78, 5) is 2.51. The number of nitrogens with one attached hydrogen (secondary N) is 1. The summed E-state index contributed by atoms with van der Waals surface area (Å²) in [6.45, 7) is 12.4. The third kappa shape index (κ3) is 3.48. The van der Waals surface area contributed by atoms with Crippen molar-refractivity contribution < 1.29 is 9.47 Å². The number of benzene rings is 1. The highest BCUT2D eigenvalue weighted by Crippen LogP contribution is 2.40. The van der Waals surface area contributed by atoms with Gasteiger partial charge in [0.2, 0.25) is 0 Å². The average molecular weight is 318 g/mol. The Hall–Kier alpha value is -1.26. The normalized spacial score (nSPS) is 18.0. The van der Waals surface area contributed by atoms with E-state index in [2.05, 4.69) is 37.1 Å². The van der Waals surface area contributed by atoms with Crippen LogP contribution in [0.2, 0.25) is 0 Å². The van der Waals surface area contributed by atoms with Gasteiger partial charge >= 0.3 is 0 Å². The zero-order valence-corrected chi connectivity index (χ0v) is 15.0. The van der Waals surface area contributed by atoms with E-state index in [1.54, 1.807) is 7.11 Å². The van der Waals surface area contributed by atoms with E-state index in [4.69, 9.17) is 9.47 Å². The second-order valence-corrected chi connectivity index (χ2v) is 7.60. The van der Waals surface area contributed by atoms with Gasteiger partial charge in [-0.25, -0.2) is 0 Å². The maximum atomic E-state index is 6.02. The molecule has 0 amide bonds. The van der Waals surface area contributed by atoms with E-state index in [0.29, 0.717) is 0 Å². The van der Waals surface area contributed by atoms with E-state index in [0.717, 1.165) is 58.0 Å². The number of ether oxygens (including phenoxy) is 2. The maximum absolute atomic E-state index is 6.02. The summed E-state index contributed by atoms with van der Waals surface area (Å²) < 4.78 is 11.4. The van der Waals surface area contributed by atoms with E-state index in [-0.39, 0.29) is 5.41 Å². The second-order valence-electron chi connectivity index (χ2n) is 7.60. The van der Waals surface area contributed by atoms with Gasteiger partial charge in [0, 0.05) is 19.1 Å². The Morgan fingerprint density at radius 3 is 2.87 bits per heavy atom.